The van der Waals surface area contributed by atoms with Crippen LogP contribution in [0.2, 0.25) is 0 Å². The van der Waals surface area contributed by atoms with E-state index in [4.69, 9.17) is 4.74 Å². The minimum absolute atomic E-state index is 0.0933. The molecule has 1 aromatic rings. The molecule has 0 unspecified atom stereocenters. The predicted molar refractivity (Wildman–Crippen MR) is 91.5 cm³/mol. The fourth-order valence-electron chi connectivity index (χ4n) is 4.48. The first-order chi connectivity index (χ1) is 12.2. The third-order valence-corrected chi connectivity index (χ3v) is 5.76. The number of piperidine rings is 1. The van der Waals surface area contributed by atoms with Crippen molar-refractivity contribution in [2.45, 2.75) is 56.7 Å². The number of hydrogen-bond donors (Lipinski definition) is 0. The van der Waals surface area contributed by atoms with E-state index in [-0.39, 0.29) is 23.5 Å². The molecule has 3 saturated heterocycles. The maximum atomic E-state index is 13.0. The second-order valence-corrected chi connectivity index (χ2v) is 7.46. The van der Waals surface area contributed by atoms with E-state index >= 15 is 0 Å². The van der Waals surface area contributed by atoms with Gasteiger partial charge in [0.25, 0.3) is 5.91 Å². The van der Waals surface area contributed by atoms with Crippen LogP contribution in [-0.4, -0.2) is 57.9 Å². The summed E-state index contributed by atoms with van der Waals surface area (Å²) >= 11 is 0. The Morgan fingerprint density at radius 1 is 1.28 bits per heavy atom. The van der Waals surface area contributed by atoms with Gasteiger partial charge >= 0.3 is 0 Å². The van der Waals surface area contributed by atoms with Crippen molar-refractivity contribution in [1.82, 2.24) is 14.8 Å². The van der Waals surface area contributed by atoms with E-state index in [2.05, 4.69) is 4.98 Å². The Balaban J connectivity index is 1.52. The Kier molecular flexibility index (Phi) is 4.46. The molecule has 3 aliphatic rings. The number of aromatic nitrogens is 1. The van der Waals surface area contributed by atoms with Crippen molar-refractivity contribution < 1.29 is 14.3 Å². The molecule has 4 heterocycles. The molecule has 0 saturated carbocycles. The van der Waals surface area contributed by atoms with E-state index in [1.165, 1.54) is 0 Å². The van der Waals surface area contributed by atoms with Gasteiger partial charge in [0.05, 0.1) is 12.0 Å². The Labute approximate surface area is 148 Å². The zero-order valence-electron chi connectivity index (χ0n) is 14.5. The predicted octanol–water partition coefficient (Wildman–Crippen LogP) is 1.74. The number of pyridine rings is 1. The highest BCUT2D eigenvalue weighted by Gasteiger charge is 2.51. The van der Waals surface area contributed by atoms with E-state index in [9.17, 15) is 9.59 Å². The van der Waals surface area contributed by atoms with Crippen LogP contribution in [0.15, 0.2) is 24.5 Å². The summed E-state index contributed by atoms with van der Waals surface area (Å²) in [4.78, 5) is 33.6. The van der Waals surface area contributed by atoms with Crippen LogP contribution in [0.5, 0.6) is 0 Å². The van der Waals surface area contributed by atoms with Crippen molar-refractivity contribution in [1.29, 1.82) is 0 Å². The first-order valence-corrected chi connectivity index (χ1v) is 9.28. The van der Waals surface area contributed by atoms with Crippen LogP contribution in [0.4, 0.5) is 0 Å². The molecule has 0 radical (unpaired) electrons. The summed E-state index contributed by atoms with van der Waals surface area (Å²) in [7, 11) is 0. The average molecular weight is 343 g/mol. The Morgan fingerprint density at radius 2 is 2.12 bits per heavy atom. The molecule has 0 aromatic carbocycles. The van der Waals surface area contributed by atoms with Gasteiger partial charge in [0.1, 0.15) is 6.10 Å². The van der Waals surface area contributed by atoms with Crippen LogP contribution < -0.4 is 0 Å². The number of carbonyl (C=O) groups is 2. The number of carbonyl (C=O) groups excluding carboxylic acids is 2. The van der Waals surface area contributed by atoms with Crippen LogP contribution in [0.1, 0.15) is 44.1 Å². The molecule has 0 bridgehead atoms. The minimum Gasteiger partial charge on any atom is -0.368 e. The van der Waals surface area contributed by atoms with E-state index < -0.39 is 0 Å². The molecule has 6 heteroatoms. The smallest absolute Gasteiger partial charge is 0.252 e. The topological polar surface area (TPSA) is 62.7 Å². The highest BCUT2D eigenvalue weighted by molar-refractivity contribution is 5.86. The van der Waals surface area contributed by atoms with Crippen molar-refractivity contribution in [3.63, 3.8) is 0 Å². The summed E-state index contributed by atoms with van der Waals surface area (Å²) in [6, 6.07) is 3.88. The molecule has 25 heavy (non-hydrogen) atoms. The van der Waals surface area contributed by atoms with Crippen LogP contribution in [0, 0.1) is 0 Å². The van der Waals surface area contributed by atoms with Crippen LogP contribution in [-0.2, 0) is 20.9 Å². The molecule has 0 N–H and O–H groups in total. The van der Waals surface area contributed by atoms with Gasteiger partial charge in [-0.1, -0.05) is 0 Å². The van der Waals surface area contributed by atoms with Gasteiger partial charge < -0.3 is 14.5 Å². The summed E-state index contributed by atoms with van der Waals surface area (Å²) in [5, 5.41) is 0. The summed E-state index contributed by atoms with van der Waals surface area (Å²) < 4.78 is 5.62. The quantitative estimate of drug-likeness (QED) is 0.839. The molecule has 1 spiro atoms. The van der Waals surface area contributed by atoms with Crippen molar-refractivity contribution in [3.05, 3.63) is 30.1 Å². The zero-order chi connectivity index (χ0) is 17.3. The molecule has 1 aromatic heterocycles. The molecule has 4 rings (SSSR count). The van der Waals surface area contributed by atoms with E-state index in [0.29, 0.717) is 26.1 Å². The highest BCUT2D eigenvalue weighted by Crippen LogP contribution is 2.39. The Hall–Kier alpha value is -1.95. The van der Waals surface area contributed by atoms with E-state index in [0.717, 1.165) is 44.2 Å². The first kappa shape index (κ1) is 16.5. The van der Waals surface area contributed by atoms with Crippen molar-refractivity contribution in [2.75, 3.05) is 19.7 Å². The van der Waals surface area contributed by atoms with Gasteiger partial charge in [-0.2, -0.15) is 0 Å². The fraction of sp³-hybridized carbons (Fsp3) is 0.632. The van der Waals surface area contributed by atoms with Gasteiger partial charge in [0, 0.05) is 38.6 Å². The van der Waals surface area contributed by atoms with Crippen LogP contribution >= 0.6 is 0 Å². The second kappa shape index (κ2) is 6.75. The molecule has 134 valence electrons. The molecule has 3 aliphatic heterocycles. The largest absolute Gasteiger partial charge is 0.368 e. The third-order valence-electron chi connectivity index (χ3n) is 5.76. The number of amides is 2. The number of rotatable bonds is 3. The van der Waals surface area contributed by atoms with Crippen molar-refractivity contribution in [3.8, 4) is 0 Å². The molecule has 2 atom stereocenters. The molecular weight excluding hydrogens is 318 g/mol. The van der Waals surface area contributed by atoms with Crippen molar-refractivity contribution >= 4 is 11.8 Å². The van der Waals surface area contributed by atoms with Gasteiger partial charge in [0.15, 0.2) is 0 Å². The first-order valence-electron chi connectivity index (χ1n) is 9.28. The van der Waals surface area contributed by atoms with Gasteiger partial charge in [0.2, 0.25) is 5.91 Å². The summed E-state index contributed by atoms with van der Waals surface area (Å²) in [6.07, 6.45) is 8.38. The Bertz CT molecular complexity index is 645. The standard InChI is InChI=1S/C19H25N3O3/c23-17-12-19(14-21(17)13-15-5-8-20-9-6-15)7-1-2-10-22(19)18(24)16-4-3-11-25-16/h5-6,8-9,16H,1-4,7,10-14H2/t16-,19-/m1/s1. The average Bonchev–Trinajstić information content (AvgIpc) is 3.25. The number of hydrogen-bond acceptors (Lipinski definition) is 4. The lowest BCUT2D eigenvalue weighted by Gasteiger charge is -2.45. The van der Waals surface area contributed by atoms with Crippen LogP contribution in [0.3, 0.4) is 0 Å². The van der Waals surface area contributed by atoms with Gasteiger partial charge in [-0.05, 0) is 49.8 Å². The third kappa shape index (κ3) is 3.15. The summed E-state index contributed by atoms with van der Waals surface area (Å²) in [5.74, 6) is 0.236. The Morgan fingerprint density at radius 3 is 2.88 bits per heavy atom. The summed E-state index contributed by atoms with van der Waals surface area (Å²) in [5.41, 5.74) is 0.735. The number of likely N-dealkylation sites (tertiary alicyclic amines) is 2. The highest BCUT2D eigenvalue weighted by atomic mass is 16.5. The molecule has 2 amide bonds. The number of ether oxygens (including phenoxy) is 1. The fourth-order valence-corrected chi connectivity index (χ4v) is 4.48. The molecule has 3 fully saturated rings. The minimum atomic E-state index is -0.342. The number of nitrogens with zero attached hydrogens (tertiary/aromatic N) is 3. The van der Waals surface area contributed by atoms with Crippen LogP contribution in [0.25, 0.3) is 0 Å². The van der Waals surface area contributed by atoms with E-state index in [1.54, 1.807) is 12.4 Å². The van der Waals surface area contributed by atoms with Crippen molar-refractivity contribution in [2.24, 2.45) is 0 Å². The second-order valence-electron chi connectivity index (χ2n) is 7.46. The molecular formula is C19H25N3O3. The van der Waals surface area contributed by atoms with Gasteiger partial charge in [-0.3, -0.25) is 14.6 Å². The normalized spacial score (nSPS) is 29.6. The molecule has 6 nitrogen and oxygen atoms in total. The SMILES string of the molecule is O=C1C[C@]2(CCCCN2C(=O)[C@H]2CCCO2)CN1Cc1ccncc1. The zero-order valence-corrected chi connectivity index (χ0v) is 14.5. The summed E-state index contributed by atoms with van der Waals surface area (Å²) in [6.45, 7) is 2.64. The maximum Gasteiger partial charge on any atom is 0.252 e. The maximum absolute atomic E-state index is 13.0. The molecule has 0 aliphatic carbocycles. The van der Waals surface area contributed by atoms with E-state index in [1.807, 2.05) is 21.9 Å². The lowest BCUT2D eigenvalue weighted by atomic mass is 9.85. The van der Waals surface area contributed by atoms with Gasteiger partial charge in [-0.15, -0.1) is 0 Å². The lowest BCUT2D eigenvalue weighted by Crippen LogP contribution is -2.58. The lowest BCUT2D eigenvalue weighted by molar-refractivity contribution is -0.149. The monoisotopic (exact) mass is 343 g/mol. The van der Waals surface area contributed by atoms with Gasteiger partial charge in [-0.25, -0.2) is 0 Å².